The van der Waals surface area contributed by atoms with E-state index < -0.39 is 11.4 Å². The van der Waals surface area contributed by atoms with Gasteiger partial charge in [0.05, 0.1) is 0 Å². The lowest BCUT2D eigenvalue weighted by Gasteiger charge is -2.18. The van der Waals surface area contributed by atoms with E-state index in [1.165, 1.54) is 12.1 Å². The lowest BCUT2D eigenvalue weighted by Crippen LogP contribution is -2.37. The van der Waals surface area contributed by atoms with Crippen LogP contribution in [0.1, 0.15) is 18.9 Å². The van der Waals surface area contributed by atoms with Crippen molar-refractivity contribution in [1.29, 1.82) is 0 Å². The normalized spacial score (nSPS) is 22.7. The Hall–Kier alpha value is -1.91. The molecule has 2 rings (SSSR count). The molecule has 1 fully saturated rings. The van der Waals surface area contributed by atoms with Crippen LogP contribution in [0.15, 0.2) is 24.3 Å². The van der Waals surface area contributed by atoms with Gasteiger partial charge in [-0.3, -0.25) is 9.59 Å². The molecule has 0 saturated carbocycles. The highest BCUT2D eigenvalue weighted by molar-refractivity contribution is 6.03. The zero-order valence-corrected chi connectivity index (χ0v) is 10.0. The average molecular weight is 251 g/mol. The Morgan fingerprint density at radius 2 is 2.11 bits per heavy atom. The summed E-state index contributed by atoms with van der Waals surface area (Å²) in [5.74, 6) is -1.18. The molecule has 1 amide bonds. The van der Waals surface area contributed by atoms with Crippen LogP contribution >= 0.6 is 0 Å². The standard InChI is InChI=1S/C13H14FNO3/c1-13(6-7-15-11(13)16)12(17)18-8-9-2-4-10(14)5-3-9/h2-5H,6-8H2,1H3,(H,15,16)/t13-/m0/s1. The number of ether oxygens (including phenoxy) is 1. The maximum absolute atomic E-state index is 12.7. The van der Waals surface area contributed by atoms with Crippen LogP contribution in [0.5, 0.6) is 0 Å². The van der Waals surface area contributed by atoms with Crippen molar-refractivity contribution in [2.45, 2.75) is 20.0 Å². The lowest BCUT2D eigenvalue weighted by molar-refractivity contribution is -0.159. The fraction of sp³-hybridized carbons (Fsp3) is 0.385. The zero-order chi connectivity index (χ0) is 13.2. The number of rotatable bonds is 3. The Labute approximate surface area is 104 Å². The summed E-state index contributed by atoms with van der Waals surface area (Å²) in [6.07, 6.45) is 0.439. The van der Waals surface area contributed by atoms with E-state index in [4.69, 9.17) is 4.74 Å². The van der Waals surface area contributed by atoms with Gasteiger partial charge in [-0.2, -0.15) is 0 Å². The molecular weight excluding hydrogens is 237 g/mol. The molecule has 0 aliphatic carbocycles. The molecule has 0 bridgehead atoms. The first kappa shape index (κ1) is 12.5. The van der Waals surface area contributed by atoms with Crippen LogP contribution in [0, 0.1) is 11.2 Å². The third-order valence-electron chi connectivity index (χ3n) is 3.15. The van der Waals surface area contributed by atoms with Crippen molar-refractivity contribution in [1.82, 2.24) is 5.32 Å². The molecule has 0 spiro atoms. The molecule has 0 aromatic heterocycles. The number of carbonyl (C=O) groups is 2. The Balaban J connectivity index is 1.96. The summed E-state index contributed by atoms with van der Waals surface area (Å²) in [6, 6.07) is 5.68. The van der Waals surface area contributed by atoms with Gasteiger partial charge in [-0.15, -0.1) is 0 Å². The van der Waals surface area contributed by atoms with Crippen molar-refractivity contribution in [2.75, 3.05) is 6.54 Å². The Morgan fingerprint density at radius 1 is 1.44 bits per heavy atom. The molecule has 1 aromatic rings. The third kappa shape index (κ3) is 2.34. The molecule has 0 radical (unpaired) electrons. The van der Waals surface area contributed by atoms with Gasteiger partial charge >= 0.3 is 5.97 Å². The molecule has 1 atom stereocenters. The van der Waals surface area contributed by atoms with Crippen molar-refractivity contribution in [2.24, 2.45) is 5.41 Å². The van der Waals surface area contributed by atoms with Gasteiger partial charge in [0.15, 0.2) is 0 Å². The van der Waals surface area contributed by atoms with E-state index in [1.807, 2.05) is 0 Å². The van der Waals surface area contributed by atoms with E-state index >= 15 is 0 Å². The molecule has 1 N–H and O–H groups in total. The summed E-state index contributed by atoms with van der Waals surface area (Å²) in [7, 11) is 0. The second-order valence-corrected chi connectivity index (χ2v) is 4.54. The van der Waals surface area contributed by atoms with Gasteiger partial charge in [0.1, 0.15) is 17.8 Å². The second-order valence-electron chi connectivity index (χ2n) is 4.54. The minimum absolute atomic E-state index is 0.0436. The summed E-state index contributed by atoms with van der Waals surface area (Å²) < 4.78 is 17.8. The van der Waals surface area contributed by atoms with E-state index in [2.05, 4.69) is 5.32 Å². The second kappa shape index (κ2) is 4.76. The molecule has 1 heterocycles. The molecule has 1 aromatic carbocycles. The van der Waals surface area contributed by atoms with E-state index in [0.717, 1.165) is 0 Å². The maximum atomic E-state index is 12.7. The molecule has 1 aliphatic heterocycles. The number of halogens is 1. The molecule has 5 heteroatoms. The minimum atomic E-state index is -1.10. The molecule has 1 aliphatic rings. The number of carbonyl (C=O) groups excluding carboxylic acids is 2. The molecule has 1 saturated heterocycles. The van der Waals surface area contributed by atoms with Gasteiger partial charge in [0.2, 0.25) is 5.91 Å². The first-order valence-electron chi connectivity index (χ1n) is 5.72. The predicted octanol–water partition coefficient (Wildman–Crippen LogP) is 1.40. The summed E-state index contributed by atoms with van der Waals surface area (Å²) in [5.41, 5.74) is -0.410. The number of nitrogens with one attached hydrogen (secondary N) is 1. The zero-order valence-electron chi connectivity index (χ0n) is 10.0. The van der Waals surface area contributed by atoms with Crippen molar-refractivity contribution in [3.8, 4) is 0 Å². The molecule has 0 unspecified atom stereocenters. The fourth-order valence-electron chi connectivity index (χ4n) is 1.82. The quantitative estimate of drug-likeness (QED) is 0.652. The number of esters is 1. The minimum Gasteiger partial charge on any atom is -0.460 e. The Kier molecular flexibility index (Phi) is 3.32. The van der Waals surface area contributed by atoms with Crippen molar-refractivity contribution < 1.29 is 18.7 Å². The van der Waals surface area contributed by atoms with Crippen LogP contribution in [0.3, 0.4) is 0 Å². The third-order valence-corrected chi connectivity index (χ3v) is 3.15. The van der Waals surface area contributed by atoms with Crippen LogP contribution in [0.25, 0.3) is 0 Å². The van der Waals surface area contributed by atoms with E-state index in [1.54, 1.807) is 19.1 Å². The van der Waals surface area contributed by atoms with Crippen molar-refractivity contribution >= 4 is 11.9 Å². The molecular formula is C13H14FNO3. The van der Waals surface area contributed by atoms with Gasteiger partial charge in [-0.1, -0.05) is 12.1 Å². The van der Waals surface area contributed by atoms with Crippen LogP contribution < -0.4 is 5.32 Å². The van der Waals surface area contributed by atoms with Gasteiger partial charge < -0.3 is 10.1 Å². The number of hydrogen-bond acceptors (Lipinski definition) is 3. The summed E-state index contributed by atoms with van der Waals surface area (Å²) in [4.78, 5) is 23.4. The monoisotopic (exact) mass is 251 g/mol. The highest BCUT2D eigenvalue weighted by Crippen LogP contribution is 2.27. The highest BCUT2D eigenvalue weighted by atomic mass is 19.1. The van der Waals surface area contributed by atoms with Crippen molar-refractivity contribution in [3.05, 3.63) is 35.6 Å². The van der Waals surface area contributed by atoms with Crippen LogP contribution in [0.2, 0.25) is 0 Å². The van der Waals surface area contributed by atoms with Crippen LogP contribution in [-0.4, -0.2) is 18.4 Å². The summed E-state index contributed by atoms with van der Waals surface area (Å²) in [5, 5.41) is 2.61. The largest absolute Gasteiger partial charge is 0.460 e. The van der Waals surface area contributed by atoms with Crippen molar-refractivity contribution in [3.63, 3.8) is 0 Å². The summed E-state index contributed by atoms with van der Waals surface area (Å²) in [6.45, 7) is 2.10. The number of hydrogen-bond donors (Lipinski definition) is 1. The first-order valence-corrected chi connectivity index (χ1v) is 5.72. The maximum Gasteiger partial charge on any atom is 0.321 e. The smallest absolute Gasteiger partial charge is 0.321 e. The van der Waals surface area contributed by atoms with Gasteiger partial charge in [0.25, 0.3) is 0 Å². The highest BCUT2D eigenvalue weighted by Gasteiger charge is 2.46. The fourth-order valence-corrected chi connectivity index (χ4v) is 1.82. The SMILES string of the molecule is C[C@]1(C(=O)OCc2ccc(F)cc2)CCNC1=O. The Bertz CT molecular complexity index is 472. The van der Waals surface area contributed by atoms with E-state index in [-0.39, 0.29) is 18.3 Å². The number of amides is 1. The van der Waals surface area contributed by atoms with E-state index in [0.29, 0.717) is 18.5 Å². The predicted molar refractivity (Wildman–Crippen MR) is 61.9 cm³/mol. The topological polar surface area (TPSA) is 55.4 Å². The van der Waals surface area contributed by atoms with Gasteiger partial charge in [0, 0.05) is 6.54 Å². The lowest BCUT2D eigenvalue weighted by atomic mass is 9.89. The average Bonchev–Trinajstić information content (AvgIpc) is 2.70. The molecule has 4 nitrogen and oxygen atoms in total. The molecule has 18 heavy (non-hydrogen) atoms. The van der Waals surface area contributed by atoms with Gasteiger partial charge in [-0.05, 0) is 31.0 Å². The Morgan fingerprint density at radius 3 is 2.67 bits per heavy atom. The van der Waals surface area contributed by atoms with Crippen LogP contribution in [0.4, 0.5) is 4.39 Å². The van der Waals surface area contributed by atoms with Crippen LogP contribution in [-0.2, 0) is 20.9 Å². The van der Waals surface area contributed by atoms with Gasteiger partial charge in [-0.25, -0.2) is 4.39 Å². The molecule has 96 valence electrons. The first-order chi connectivity index (χ1) is 8.52. The summed E-state index contributed by atoms with van der Waals surface area (Å²) >= 11 is 0. The van der Waals surface area contributed by atoms with E-state index in [9.17, 15) is 14.0 Å². The number of benzene rings is 1.